The molecule has 27 heavy (non-hydrogen) atoms. The summed E-state index contributed by atoms with van der Waals surface area (Å²) >= 11 is 0. The lowest BCUT2D eigenvalue weighted by Gasteiger charge is -2.35. The molecule has 2 aromatic rings. The molecule has 0 bridgehead atoms. The van der Waals surface area contributed by atoms with Crippen molar-refractivity contribution in [3.05, 3.63) is 70.8 Å². The number of quaternary nitrogens is 1. The highest BCUT2D eigenvalue weighted by molar-refractivity contribution is 6.14. The van der Waals surface area contributed by atoms with Gasteiger partial charge in [0.2, 0.25) is 0 Å². The van der Waals surface area contributed by atoms with E-state index in [1.807, 2.05) is 60.7 Å². The Morgan fingerprint density at radius 2 is 1.11 bits per heavy atom. The van der Waals surface area contributed by atoms with E-state index in [1.54, 1.807) is 14.2 Å². The van der Waals surface area contributed by atoms with Gasteiger partial charge in [-0.15, -0.1) is 0 Å². The number of benzene rings is 2. The zero-order valence-electron chi connectivity index (χ0n) is 16.4. The van der Waals surface area contributed by atoms with Crippen molar-refractivity contribution in [2.24, 2.45) is 0 Å². The molecular formula is C23H26NO3+. The Balaban J connectivity index is 1.92. The molecule has 3 rings (SSSR count). The number of likely N-dealkylation sites (tertiary alicyclic amines) is 1. The fraction of sp³-hybridized carbons (Fsp3) is 0.261. The molecule has 1 fully saturated rings. The van der Waals surface area contributed by atoms with Crippen molar-refractivity contribution in [3.8, 4) is 11.5 Å². The van der Waals surface area contributed by atoms with Gasteiger partial charge in [-0.2, -0.15) is 0 Å². The third-order valence-corrected chi connectivity index (χ3v) is 4.69. The van der Waals surface area contributed by atoms with Crippen LogP contribution < -0.4 is 9.47 Å². The Hall–Kier alpha value is -2.85. The second-order valence-electron chi connectivity index (χ2n) is 7.47. The van der Waals surface area contributed by atoms with Gasteiger partial charge in [-0.1, -0.05) is 24.3 Å². The zero-order chi connectivity index (χ0) is 19.4. The molecule has 1 saturated heterocycles. The van der Waals surface area contributed by atoms with Crippen LogP contribution in [0.4, 0.5) is 0 Å². The number of methoxy groups -OCH3 is 2. The minimum absolute atomic E-state index is 0.124. The first-order valence-electron chi connectivity index (χ1n) is 8.96. The Bertz CT molecular complexity index is 803. The molecule has 0 amide bonds. The third-order valence-electron chi connectivity index (χ3n) is 4.69. The van der Waals surface area contributed by atoms with Crippen LogP contribution in [0.15, 0.2) is 59.7 Å². The number of ether oxygens (including phenoxy) is 2. The van der Waals surface area contributed by atoms with Gasteiger partial charge in [0.25, 0.3) is 0 Å². The van der Waals surface area contributed by atoms with Crippen molar-refractivity contribution < 1.29 is 18.8 Å². The second kappa shape index (κ2) is 7.80. The number of rotatable bonds is 4. The maximum atomic E-state index is 13.1. The van der Waals surface area contributed by atoms with Crippen molar-refractivity contribution in [1.29, 1.82) is 0 Å². The normalized spacial score (nSPS) is 19.3. The summed E-state index contributed by atoms with van der Waals surface area (Å²) in [7, 11) is 7.59. The maximum Gasteiger partial charge on any atom is 0.196 e. The van der Waals surface area contributed by atoms with Gasteiger partial charge in [-0.05, 0) is 47.5 Å². The van der Waals surface area contributed by atoms with E-state index in [0.717, 1.165) is 38.3 Å². The summed E-state index contributed by atoms with van der Waals surface area (Å²) in [6.07, 6.45) is 3.98. The zero-order valence-corrected chi connectivity index (χ0v) is 16.4. The van der Waals surface area contributed by atoms with E-state index in [0.29, 0.717) is 13.1 Å². The first kappa shape index (κ1) is 18.9. The molecule has 0 aromatic heterocycles. The van der Waals surface area contributed by atoms with E-state index in [2.05, 4.69) is 14.1 Å². The Morgan fingerprint density at radius 1 is 0.741 bits per heavy atom. The smallest absolute Gasteiger partial charge is 0.196 e. The lowest BCUT2D eigenvalue weighted by atomic mass is 9.93. The molecule has 0 unspecified atom stereocenters. The molecule has 0 atom stereocenters. The Morgan fingerprint density at radius 3 is 1.44 bits per heavy atom. The SMILES string of the molecule is COc1ccc(/C=C2/C[N+](C)(C)C/C(=C\c3ccc(OC)cc3)C2=O)cc1. The predicted molar refractivity (Wildman–Crippen MR) is 109 cm³/mol. The predicted octanol–water partition coefficient (Wildman–Crippen LogP) is 3.83. The summed E-state index contributed by atoms with van der Waals surface area (Å²) in [5.41, 5.74) is 3.67. The van der Waals surface area contributed by atoms with Crippen LogP contribution in [-0.4, -0.2) is 51.7 Å². The second-order valence-corrected chi connectivity index (χ2v) is 7.47. The first-order valence-corrected chi connectivity index (χ1v) is 8.96. The molecule has 1 aliphatic heterocycles. The highest BCUT2D eigenvalue weighted by Crippen LogP contribution is 2.25. The van der Waals surface area contributed by atoms with Crippen molar-refractivity contribution in [1.82, 2.24) is 0 Å². The van der Waals surface area contributed by atoms with Gasteiger partial charge >= 0.3 is 0 Å². The minimum Gasteiger partial charge on any atom is -0.497 e. The van der Waals surface area contributed by atoms with Gasteiger partial charge in [0.1, 0.15) is 24.6 Å². The number of Topliss-reactive ketones (excluding diaryl/α,β-unsaturated/α-hetero) is 1. The summed E-state index contributed by atoms with van der Waals surface area (Å²) in [4.78, 5) is 13.1. The number of ketones is 1. The highest BCUT2D eigenvalue weighted by Gasteiger charge is 2.33. The third kappa shape index (κ3) is 4.66. The van der Waals surface area contributed by atoms with Gasteiger partial charge in [0.15, 0.2) is 5.78 Å². The van der Waals surface area contributed by atoms with E-state index in [1.165, 1.54) is 0 Å². The molecule has 0 spiro atoms. The summed E-state index contributed by atoms with van der Waals surface area (Å²) in [5, 5.41) is 0. The lowest BCUT2D eigenvalue weighted by Crippen LogP contribution is -2.48. The number of likely N-dealkylation sites (N-methyl/N-ethyl adjacent to an activating group) is 1. The molecular weight excluding hydrogens is 338 g/mol. The van der Waals surface area contributed by atoms with E-state index in [4.69, 9.17) is 9.47 Å². The van der Waals surface area contributed by atoms with Gasteiger partial charge in [-0.25, -0.2) is 0 Å². The minimum atomic E-state index is 0.124. The first-order chi connectivity index (χ1) is 12.9. The lowest BCUT2D eigenvalue weighted by molar-refractivity contribution is -0.881. The van der Waals surface area contributed by atoms with Gasteiger partial charge in [0.05, 0.1) is 39.5 Å². The van der Waals surface area contributed by atoms with Crippen molar-refractivity contribution >= 4 is 17.9 Å². The van der Waals surface area contributed by atoms with Crippen LogP contribution in [0.3, 0.4) is 0 Å². The molecule has 1 heterocycles. The molecule has 1 aliphatic rings. The van der Waals surface area contributed by atoms with Crippen LogP contribution in [0.25, 0.3) is 12.2 Å². The Labute approximate surface area is 160 Å². The fourth-order valence-corrected chi connectivity index (χ4v) is 3.35. The number of nitrogens with zero attached hydrogens (tertiary/aromatic N) is 1. The van der Waals surface area contributed by atoms with Crippen molar-refractivity contribution in [2.75, 3.05) is 41.4 Å². The molecule has 0 N–H and O–H groups in total. The van der Waals surface area contributed by atoms with Crippen LogP contribution >= 0.6 is 0 Å². The molecule has 0 aliphatic carbocycles. The number of carbonyl (C=O) groups excluding carboxylic acids is 1. The van der Waals surface area contributed by atoms with Crippen LogP contribution in [0.2, 0.25) is 0 Å². The quantitative estimate of drug-likeness (QED) is 0.611. The number of carbonyl (C=O) groups is 1. The molecule has 140 valence electrons. The van der Waals surface area contributed by atoms with E-state index < -0.39 is 0 Å². The number of hydrogen-bond acceptors (Lipinski definition) is 3. The number of hydrogen-bond donors (Lipinski definition) is 0. The van der Waals surface area contributed by atoms with E-state index in [9.17, 15) is 4.79 Å². The summed E-state index contributed by atoms with van der Waals surface area (Å²) in [6, 6.07) is 15.5. The standard InChI is InChI=1S/C23H26NO3/c1-24(2)15-19(13-17-5-9-21(26-3)10-6-17)23(25)20(16-24)14-18-7-11-22(27-4)12-8-18/h5-14H,15-16H2,1-4H3/q+1/b19-13-,20-14+. The average Bonchev–Trinajstić information content (AvgIpc) is 2.66. The van der Waals surface area contributed by atoms with Gasteiger partial charge < -0.3 is 14.0 Å². The van der Waals surface area contributed by atoms with Crippen molar-refractivity contribution in [3.63, 3.8) is 0 Å². The summed E-state index contributed by atoms with van der Waals surface area (Å²) in [6.45, 7) is 1.43. The van der Waals surface area contributed by atoms with Crippen LogP contribution in [0, 0.1) is 0 Å². The Kier molecular flexibility index (Phi) is 5.47. The number of piperidine rings is 1. The van der Waals surface area contributed by atoms with Crippen LogP contribution in [0.5, 0.6) is 11.5 Å². The van der Waals surface area contributed by atoms with Crippen molar-refractivity contribution in [2.45, 2.75) is 0 Å². The van der Waals surface area contributed by atoms with Crippen LogP contribution in [-0.2, 0) is 4.79 Å². The molecule has 4 nitrogen and oxygen atoms in total. The molecule has 2 aromatic carbocycles. The average molecular weight is 364 g/mol. The largest absolute Gasteiger partial charge is 0.497 e. The highest BCUT2D eigenvalue weighted by atomic mass is 16.5. The van der Waals surface area contributed by atoms with E-state index >= 15 is 0 Å². The summed E-state index contributed by atoms with van der Waals surface area (Å²) in [5.74, 6) is 1.74. The molecule has 0 saturated carbocycles. The van der Waals surface area contributed by atoms with E-state index in [-0.39, 0.29) is 5.78 Å². The monoisotopic (exact) mass is 364 g/mol. The fourth-order valence-electron chi connectivity index (χ4n) is 3.35. The topological polar surface area (TPSA) is 35.5 Å². The van der Waals surface area contributed by atoms with Gasteiger partial charge in [0, 0.05) is 0 Å². The summed E-state index contributed by atoms with van der Waals surface area (Å²) < 4.78 is 11.2. The molecule has 0 radical (unpaired) electrons. The maximum absolute atomic E-state index is 13.1. The van der Waals surface area contributed by atoms with Gasteiger partial charge in [-0.3, -0.25) is 4.79 Å². The van der Waals surface area contributed by atoms with Crippen LogP contribution in [0.1, 0.15) is 11.1 Å². The molecule has 4 heteroatoms.